The van der Waals surface area contributed by atoms with Crippen molar-refractivity contribution in [1.29, 1.82) is 0 Å². The quantitative estimate of drug-likeness (QED) is 0.838. The highest BCUT2D eigenvalue weighted by molar-refractivity contribution is 5.32. The molecule has 0 saturated heterocycles. The molecule has 82 valence electrons. The molecule has 0 radical (unpaired) electrons. The van der Waals surface area contributed by atoms with Gasteiger partial charge >= 0.3 is 0 Å². The Morgan fingerprint density at radius 3 is 2.69 bits per heavy atom. The molecule has 1 aromatic carbocycles. The van der Waals surface area contributed by atoms with Gasteiger partial charge in [-0.05, 0) is 30.7 Å². The first-order chi connectivity index (χ1) is 7.68. The Bertz CT molecular complexity index is 497. The Labute approximate surface area is 93.9 Å². The number of nitrogens with two attached hydrogens (primary N) is 1. The van der Waals surface area contributed by atoms with Crippen LogP contribution >= 0.6 is 0 Å². The van der Waals surface area contributed by atoms with Gasteiger partial charge in [0.05, 0.1) is 6.04 Å². The molecule has 0 amide bonds. The normalized spacial score (nSPS) is 12.4. The Morgan fingerprint density at radius 2 is 2.00 bits per heavy atom. The van der Waals surface area contributed by atoms with E-state index in [0.29, 0.717) is 5.56 Å². The van der Waals surface area contributed by atoms with Gasteiger partial charge in [-0.1, -0.05) is 18.2 Å². The number of hydrogen-bond acceptors (Lipinski definition) is 2. The first-order valence-corrected chi connectivity index (χ1v) is 5.11. The summed E-state index contributed by atoms with van der Waals surface area (Å²) in [5, 5.41) is 0. The zero-order chi connectivity index (χ0) is 11.5. The van der Waals surface area contributed by atoms with E-state index in [4.69, 9.17) is 5.73 Å². The van der Waals surface area contributed by atoms with Crippen molar-refractivity contribution in [3.63, 3.8) is 0 Å². The van der Waals surface area contributed by atoms with E-state index in [0.717, 1.165) is 11.3 Å². The Kier molecular flexibility index (Phi) is 2.97. The molecule has 0 aliphatic heterocycles. The number of pyridine rings is 1. The van der Waals surface area contributed by atoms with Crippen molar-refractivity contribution in [3.05, 3.63) is 65.2 Å². The van der Waals surface area contributed by atoms with Crippen LogP contribution in [0.25, 0.3) is 0 Å². The molecule has 0 spiro atoms. The molecule has 0 aliphatic rings. The Morgan fingerprint density at radius 1 is 1.25 bits per heavy atom. The molecule has 0 fully saturated rings. The largest absolute Gasteiger partial charge is 0.320 e. The van der Waals surface area contributed by atoms with Crippen molar-refractivity contribution in [2.24, 2.45) is 5.73 Å². The minimum Gasteiger partial charge on any atom is -0.320 e. The van der Waals surface area contributed by atoms with Gasteiger partial charge in [0.25, 0.3) is 0 Å². The number of benzene rings is 1. The summed E-state index contributed by atoms with van der Waals surface area (Å²) in [6.07, 6.45) is 1.69. The van der Waals surface area contributed by atoms with Crippen LogP contribution in [0.2, 0.25) is 0 Å². The molecule has 16 heavy (non-hydrogen) atoms. The number of aromatic nitrogens is 1. The molecule has 0 saturated carbocycles. The molecule has 1 unspecified atom stereocenters. The van der Waals surface area contributed by atoms with Crippen LogP contribution in [-0.2, 0) is 0 Å². The predicted octanol–water partition coefficient (Wildman–Crippen LogP) is 2.58. The average molecular weight is 216 g/mol. The van der Waals surface area contributed by atoms with Crippen LogP contribution in [-0.4, -0.2) is 4.98 Å². The minimum atomic E-state index is -0.442. The molecule has 2 N–H and O–H groups in total. The monoisotopic (exact) mass is 216 g/mol. The van der Waals surface area contributed by atoms with Crippen LogP contribution in [0.5, 0.6) is 0 Å². The fourth-order valence-electron chi connectivity index (χ4n) is 1.67. The summed E-state index contributed by atoms with van der Waals surface area (Å²) in [7, 11) is 0. The zero-order valence-corrected chi connectivity index (χ0v) is 9.02. The highest BCUT2D eigenvalue weighted by atomic mass is 19.1. The summed E-state index contributed by atoms with van der Waals surface area (Å²) in [5.74, 6) is -0.274. The smallest absolute Gasteiger partial charge is 0.128 e. The molecule has 1 heterocycles. The topological polar surface area (TPSA) is 38.9 Å². The molecule has 0 bridgehead atoms. The number of hydrogen-bond donors (Lipinski definition) is 1. The second-order valence-corrected chi connectivity index (χ2v) is 3.73. The SMILES string of the molecule is Cc1cc(C(N)c2ccccc2F)ccn1. The van der Waals surface area contributed by atoms with Gasteiger partial charge < -0.3 is 5.73 Å². The Hall–Kier alpha value is -1.74. The van der Waals surface area contributed by atoms with Crippen LogP contribution in [0.4, 0.5) is 4.39 Å². The molecule has 2 nitrogen and oxygen atoms in total. The maximum atomic E-state index is 13.5. The van der Waals surface area contributed by atoms with Gasteiger partial charge in [0, 0.05) is 17.5 Å². The number of aryl methyl sites for hydroxylation is 1. The lowest BCUT2D eigenvalue weighted by atomic mass is 9.99. The van der Waals surface area contributed by atoms with Crippen LogP contribution in [0.3, 0.4) is 0 Å². The molecule has 2 rings (SSSR count). The lowest BCUT2D eigenvalue weighted by molar-refractivity contribution is 0.599. The maximum Gasteiger partial charge on any atom is 0.128 e. The molecule has 1 atom stereocenters. The highest BCUT2D eigenvalue weighted by Gasteiger charge is 2.12. The summed E-state index contributed by atoms with van der Waals surface area (Å²) < 4.78 is 13.5. The first kappa shape index (κ1) is 10.8. The van der Waals surface area contributed by atoms with E-state index in [1.54, 1.807) is 24.4 Å². The highest BCUT2D eigenvalue weighted by Crippen LogP contribution is 2.21. The second-order valence-electron chi connectivity index (χ2n) is 3.73. The summed E-state index contributed by atoms with van der Waals surface area (Å²) in [4.78, 5) is 4.09. The summed E-state index contributed by atoms with van der Waals surface area (Å²) >= 11 is 0. The van der Waals surface area contributed by atoms with Crippen molar-refractivity contribution < 1.29 is 4.39 Å². The lowest BCUT2D eigenvalue weighted by Crippen LogP contribution is -2.13. The third-order valence-corrected chi connectivity index (χ3v) is 2.52. The van der Waals surface area contributed by atoms with Crippen molar-refractivity contribution >= 4 is 0 Å². The molecule has 1 aromatic heterocycles. The fraction of sp³-hybridized carbons (Fsp3) is 0.154. The Balaban J connectivity index is 2.39. The van der Waals surface area contributed by atoms with Crippen LogP contribution < -0.4 is 5.73 Å². The predicted molar refractivity (Wildman–Crippen MR) is 61.4 cm³/mol. The molecular formula is C13H13FN2. The van der Waals surface area contributed by atoms with Gasteiger partial charge in [-0.15, -0.1) is 0 Å². The van der Waals surface area contributed by atoms with Gasteiger partial charge in [-0.25, -0.2) is 4.39 Å². The molecule has 0 aliphatic carbocycles. The van der Waals surface area contributed by atoms with Crippen LogP contribution in [0.15, 0.2) is 42.6 Å². The van der Waals surface area contributed by atoms with Crippen molar-refractivity contribution in [2.75, 3.05) is 0 Å². The van der Waals surface area contributed by atoms with E-state index in [1.165, 1.54) is 6.07 Å². The summed E-state index contributed by atoms with van der Waals surface area (Å²) in [5.41, 5.74) is 8.28. The van der Waals surface area contributed by atoms with E-state index >= 15 is 0 Å². The minimum absolute atomic E-state index is 0.274. The lowest BCUT2D eigenvalue weighted by Gasteiger charge is -2.13. The van der Waals surface area contributed by atoms with E-state index in [9.17, 15) is 4.39 Å². The number of rotatable bonds is 2. The average Bonchev–Trinajstić information content (AvgIpc) is 2.29. The van der Waals surface area contributed by atoms with Gasteiger partial charge in [0.1, 0.15) is 5.82 Å². The zero-order valence-electron chi connectivity index (χ0n) is 9.02. The van der Waals surface area contributed by atoms with Gasteiger partial charge in [0.15, 0.2) is 0 Å². The maximum absolute atomic E-state index is 13.5. The van der Waals surface area contributed by atoms with E-state index in [2.05, 4.69) is 4.98 Å². The number of halogens is 1. The van der Waals surface area contributed by atoms with E-state index in [1.807, 2.05) is 19.1 Å². The third-order valence-electron chi connectivity index (χ3n) is 2.52. The summed E-state index contributed by atoms with van der Waals surface area (Å²) in [6.45, 7) is 1.89. The van der Waals surface area contributed by atoms with Gasteiger partial charge in [0.2, 0.25) is 0 Å². The standard InChI is InChI=1S/C13H13FN2/c1-9-8-10(6-7-16-9)13(15)11-4-2-3-5-12(11)14/h2-8,13H,15H2,1H3. The van der Waals surface area contributed by atoms with Crippen LogP contribution in [0, 0.1) is 12.7 Å². The van der Waals surface area contributed by atoms with Crippen LogP contribution in [0.1, 0.15) is 22.9 Å². The first-order valence-electron chi connectivity index (χ1n) is 5.11. The molecule has 3 heteroatoms. The molecule has 2 aromatic rings. The van der Waals surface area contributed by atoms with Crippen molar-refractivity contribution in [3.8, 4) is 0 Å². The second kappa shape index (κ2) is 4.41. The van der Waals surface area contributed by atoms with Gasteiger partial charge in [-0.3, -0.25) is 4.98 Å². The van der Waals surface area contributed by atoms with Crippen molar-refractivity contribution in [2.45, 2.75) is 13.0 Å². The van der Waals surface area contributed by atoms with E-state index < -0.39 is 6.04 Å². The number of nitrogens with zero attached hydrogens (tertiary/aromatic N) is 1. The van der Waals surface area contributed by atoms with Crippen molar-refractivity contribution in [1.82, 2.24) is 4.98 Å². The summed E-state index contributed by atoms with van der Waals surface area (Å²) in [6, 6.07) is 9.80. The fourth-order valence-corrected chi connectivity index (χ4v) is 1.67. The third kappa shape index (κ3) is 2.09. The molecular weight excluding hydrogens is 203 g/mol. The van der Waals surface area contributed by atoms with Gasteiger partial charge in [-0.2, -0.15) is 0 Å². The van der Waals surface area contributed by atoms with E-state index in [-0.39, 0.29) is 5.82 Å².